The predicted molar refractivity (Wildman–Crippen MR) is 132 cm³/mol. The van der Waals surface area contributed by atoms with Crippen molar-refractivity contribution in [2.75, 3.05) is 46.8 Å². The number of phenols is 2. The summed E-state index contributed by atoms with van der Waals surface area (Å²) in [7, 11) is 1.61. The van der Waals surface area contributed by atoms with Crippen molar-refractivity contribution in [3.63, 3.8) is 0 Å². The van der Waals surface area contributed by atoms with Crippen LogP contribution in [0.4, 0.5) is 0 Å². The summed E-state index contributed by atoms with van der Waals surface area (Å²) in [5, 5.41) is 24.7. The van der Waals surface area contributed by atoms with Gasteiger partial charge in [0.15, 0.2) is 0 Å². The molecule has 0 saturated carbocycles. The van der Waals surface area contributed by atoms with Crippen LogP contribution in [-0.4, -0.2) is 87.0 Å². The molecule has 11 heteroatoms. The summed E-state index contributed by atoms with van der Waals surface area (Å²) in [4.78, 5) is 18.3. The highest BCUT2D eigenvalue weighted by atomic mass is 35.5. The normalized spacial score (nSPS) is 24.8. The van der Waals surface area contributed by atoms with Gasteiger partial charge in [0.1, 0.15) is 35.9 Å². The molecule has 0 bridgehead atoms. The number of nitrogens with zero attached hydrogens (tertiary/aromatic N) is 1. The minimum absolute atomic E-state index is 0.0132. The van der Waals surface area contributed by atoms with Crippen LogP contribution in [0.5, 0.6) is 11.5 Å². The quantitative estimate of drug-likeness (QED) is 0.205. The number of allylic oxidation sites excluding steroid dienone is 3. The molecular weight excluding hydrogens is 494 g/mol. The lowest BCUT2D eigenvalue weighted by Crippen LogP contribution is -2.20. The van der Waals surface area contributed by atoms with Gasteiger partial charge < -0.3 is 38.7 Å². The van der Waals surface area contributed by atoms with Crippen LogP contribution in [-0.2, 0) is 34.9 Å². The van der Waals surface area contributed by atoms with Crippen molar-refractivity contribution in [1.29, 1.82) is 0 Å². The van der Waals surface area contributed by atoms with Crippen LogP contribution in [0.2, 0.25) is 5.02 Å². The van der Waals surface area contributed by atoms with Gasteiger partial charge in [-0.2, -0.15) is 0 Å². The molecule has 36 heavy (non-hydrogen) atoms. The van der Waals surface area contributed by atoms with E-state index in [1.807, 2.05) is 12.2 Å². The van der Waals surface area contributed by atoms with E-state index in [9.17, 15) is 15.0 Å². The first-order valence-electron chi connectivity index (χ1n) is 11.7. The summed E-state index contributed by atoms with van der Waals surface area (Å²) in [6.07, 6.45) is 7.10. The molecule has 3 atom stereocenters. The average Bonchev–Trinajstić information content (AvgIpc) is 3.57. The van der Waals surface area contributed by atoms with Gasteiger partial charge in [-0.25, -0.2) is 4.79 Å². The number of phenolic OH excluding ortho intramolecular Hbond substituents is 2. The lowest BCUT2D eigenvalue weighted by molar-refractivity contribution is 0.00448. The molecule has 0 radical (unpaired) electrons. The van der Waals surface area contributed by atoms with E-state index in [4.69, 9.17) is 40.1 Å². The molecule has 0 amide bonds. The second kappa shape index (κ2) is 14.2. The van der Waals surface area contributed by atoms with Gasteiger partial charge >= 0.3 is 5.97 Å². The van der Waals surface area contributed by atoms with Gasteiger partial charge in [0.05, 0.1) is 49.9 Å². The number of carbonyl (C=O) groups is 1. The largest absolute Gasteiger partial charge is 0.507 e. The van der Waals surface area contributed by atoms with Gasteiger partial charge in [0.25, 0.3) is 0 Å². The number of cyclic esters (lactones) is 1. The topological polar surface area (TPSA) is 129 Å². The fourth-order valence-electron chi connectivity index (χ4n) is 3.54. The molecule has 1 saturated heterocycles. The van der Waals surface area contributed by atoms with Crippen LogP contribution in [0.3, 0.4) is 0 Å². The van der Waals surface area contributed by atoms with Crippen molar-refractivity contribution < 1.29 is 43.5 Å². The lowest BCUT2D eigenvalue weighted by atomic mass is 9.99. The van der Waals surface area contributed by atoms with Crippen molar-refractivity contribution in [2.45, 2.75) is 38.1 Å². The molecule has 3 rings (SSSR count). The van der Waals surface area contributed by atoms with E-state index in [0.717, 1.165) is 6.07 Å². The average molecular weight is 526 g/mol. The highest BCUT2D eigenvalue weighted by Crippen LogP contribution is 2.38. The van der Waals surface area contributed by atoms with Crippen LogP contribution >= 0.6 is 11.6 Å². The number of epoxide rings is 1. The van der Waals surface area contributed by atoms with Gasteiger partial charge in [-0.15, -0.1) is 0 Å². The maximum Gasteiger partial charge on any atom is 0.342 e. The Morgan fingerprint density at radius 2 is 1.81 bits per heavy atom. The second-order valence-electron chi connectivity index (χ2n) is 8.23. The Balaban J connectivity index is 1.72. The maximum atomic E-state index is 12.9. The van der Waals surface area contributed by atoms with Crippen molar-refractivity contribution in [3.05, 3.63) is 46.5 Å². The predicted octanol–water partition coefficient (Wildman–Crippen LogP) is 3.17. The fourth-order valence-corrected chi connectivity index (χ4v) is 3.76. The van der Waals surface area contributed by atoms with Crippen LogP contribution in [0, 0.1) is 0 Å². The third kappa shape index (κ3) is 8.49. The lowest BCUT2D eigenvalue weighted by Gasteiger charge is -2.17. The number of esters is 1. The van der Waals surface area contributed by atoms with Crippen molar-refractivity contribution in [1.82, 2.24) is 0 Å². The van der Waals surface area contributed by atoms with Gasteiger partial charge in [-0.3, -0.25) is 0 Å². The van der Waals surface area contributed by atoms with Crippen LogP contribution in [0.1, 0.15) is 29.3 Å². The molecule has 2 aliphatic heterocycles. The molecule has 198 valence electrons. The number of hydrogen-bond acceptors (Lipinski definition) is 10. The van der Waals surface area contributed by atoms with E-state index < -0.39 is 17.8 Å². The first-order chi connectivity index (χ1) is 17.4. The number of ether oxygens (including phenoxy) is 5. The van der Waals surface area contributed by atoms with Gasteiger partial charge in [0.2, 0.25) is 0 Å². The van der Waals surface area contributed by atoms with Crippen LogP contribution in [0.25, 0.3) is 0 Å². The first kappa shape index (κ1) is 27.9. The third-order valence-corrected chi connectivity index (χ3v) is 5.80. The number of carbonyl (C=O) groups excluding carboxylic acids is 1. The van der Waals surface area contributed by atoms with Crippen molar-refractivity contribution >= 4 is 23.3 Å². The number of rotatable bonds is 10. The molecule has 1 fully saturated rings. The molecule has 0 aliphatic carbocycles. The molecule has 0 spiro atoms. The van der Waals surface area contributed by atoms with E-state index in [1.165, 1.54) is 0 Å². The zero-order chi connectivity index (χ0) is 25.9. The van der Waals surface area contributed by atoms with Crippen molar-refractivity contribution in [2.24, 2.45) is 5.16 Å². The number of aromatic hydroxyl groups is 2. The van der Waals surface area contributed by atoms with Gasteiger partial charge in [0, 0.05) is 26.0 Å². The summed E-state index contributed by atoms with van der Waals surface area (Å²) < 4.78 is 26.8. The molecule has 2 heterocycles. The zero-order valence-electron chi connectivity index (χ0n) is 20.4. The number of fused-ring (bicyclic) bond motifs is 2. The van der Waals surface area contributed by atoms with E-state index in [2.05, 4.69) is 5.16 Å². The Kier molecular flexibility index (Phi) is 11.0. The first-order valence-corrected chi connectivity index (χ1v) is 12.1. The number of methoxy groups -OCH3 is 1. The third-order valence-electron chi connectivity index (χ3n) is 5.38. The summed E-state index contributed by atoms with van der Waals surface area (Å²) in [6, 6.07) is 1.01. The Hall–Kier alpha value is -2.63. The molecule has 1 aromatic rings. The Labute approximate surface area is 215 Å². The summed E-state index contributed by atoms with van der Waals surface area (Å²) in [6.45, 7) is 4.08. The highest BCUT2D eigenvalue weighted by Gasteiger charge is 2.38. The minimum Gasteiger partial charge on any atom is -0.507 e. The molecule has 3 unspecified atom stereocenters. The van der Waals surface area contributed by atoms with Crippen LogP contribution in [0.15, 0.2) is 35.5 Å². The molecule has 1 aromatic carbocycles. The number of hydrogen-bond donors (Lipinski definition) is 2. The van der Waals surface area contributed by atoms with E-state index in [1.54, 1.807) is 26.2 Å². The van der Waals surface area contributed by atoms with Gasteiger partial charge in [-0.05, 0) is 18.6 Å². The molecule has 0 aromatic heterocycles. The molecule has 2 N–H and O–H groups in total. The van der Waals surface area contributed by atoms with Gasteiger partial charge in [-0.1, -0.05) is 35.0 Å². The second-order valence-corrected chi connectivity index (χ2v) is 8.61. The smallest absolute Gasteiger partial charge is 0.342 e. The number of oxime groups is 1. The highest BCUT2D eigenvalue weighted by molar-refractivity contribution is 6.33. The Morgan fingerprint density at radius 1 is 1.08 bits per heavy atom. The summed E-state index contributed by atoms with van der Waals surface area (Å²) in [5.41, 5.74) is 0.426. The maximum absolute atomic E-state index is 12.9. The SMILES string of the molecule is COCCOCCOCCO\N=C1/C=C/C=C/C2OC2CC(C)OC(=O)c2c(O)cc(O)c(Cl)c2C1. The zero-order valence-corrected chi connectivity index (χ0v) is 21.1. The Morgan fingerprint density at radius 3 is 2.56 bits per heavy atom. The monoisotopic (exact) mass is 525 g/mol. The van der Waals surface area contributed by atoms with Crippen LogP contribution < -0.4 is 0 Å². The van der Waals surface area contributed by atoms with Crippen molar-refractivity contribution in [3.8, 4) is 11.5 Å². The number of benzene rings is 1. The molecule has 10 nitrogen and oxygen atoms in total. The summed E-state index contributed by atoms with van der Waals surface area (Å²) >= 11 is 6.33. The molecular formula is C25H32ClNO9. The standard InChI is InChI=1S/C25H32ClNO9/c1-16-13-22-21(36-22)6-4-3-5-17(27-34-12-11-33-10-9-32-8-7-31-2)14-18-23(25(30)35-16)19(28)15-20(29)24(18)26/h3-6,15-16,21-22,28-29H,7-14H2,1-2H3/b5-3+,6-4+,27-17+. The fraction of sp³-hybridized carbons (Fsp3) is 0.520. The van der Waals surface area contributed by atoms with E-state index >= 15 is 0 Å². The minimum atomic E-state index is -0.757. The van der Waals surface area contributed by atoms with E-state index in [0.29, 0.717) is 38.6 Å². The van der Waals surface area contributed by atoms with E-state index in [-0.39, 0.29) is 53.7 Å². The number of halogens is 1. The molecule has 2 aliphatic rings. The Bertz CT molecular complexity index is 979. The summed E-state index contributed by atoms with van der Waals surface area (Å²) in [5.74, 6) is -1.57.